The minimum atomic E-state index is -0.215. The lowest BCUT2D eigenvalue weighted by Gasteiger charge is -2.23. The number of ether oxygens (including phenoxy) is 2. The van der Waals surface area contributed by atoms with Gasteiger partial charge in [0.05, 0.1) is 17.2 Å². The molecule has 0 heterocycles. The number of hydrogen-bond acceptors (Lipinski definition) is 3. The molecule has 1 aromatic rings. The highest BCUT2D eigenvalue weighted by molar-refractivity contribution is 6.35. The van der Waals surface area contributed by atoms with Gasteiger partial charge in [-0.25, -0.2) is 0 Å². The van der Waals surface area contributed by atoms with E-state index in [4.69, 9.17) is 38.4 Å². The molecule has 0 bridgehead atoms. The predicted molar refractivity (Wildman–Crippen MR) is 80.4 cm³/mol. The molecule has 2 N–H and O–H groups in total. The van der Waals surface area contributed by atoms with Crippen LogP contribution in [-0.2, 0) is 11.2 Å². The van der Waals surface area contributed by atoms with E-state index in [0.29, 0.717) is 35.4 Å². The Morgan fingerprint density at radius 3 is 2.53 bits per heavy atom. The molecule has 0 unspecified atom stereocenters. The van der Waals surface area contributed by atoms with E-state index in [-0.39, 0.29) is 5.60 Å². The number of nitrogens with two attached hydrogens (primary N) is 1. The third-order valence-corrected chi connectivity index (χ3v) is 3.50. The van der Waals surface area contributed by atoms with Crippen LogP contribution in [0.5, 0.6) is 5.75 Å². The quantitative estimate of drug-likeness (QED) is 0.835. The van der Waals surface area contributed by atoms with Gasteiger partial charge in [-0.1, -0.05) is 23.2 Å². The molecular weight excluding hydrogens is 285 g/mol. The highest BCUT2D eigenvalue weighted by Crippen LogP contribution is 2.33. The van der Waals surface area contributed by atoms with Gasteiger partial charge in [0, 0.05) is 18.6 Å². The van der Waals surface area contributed by atoms with E-state index in [2.05, 4.69) is 0 Å². The maximum atomic E-state index is 6.17. The molecule has 3 nitrogen and oxygen atoms in total. The third-order valence-electron chi connectivity index (χ3n) is 3.00. The molecule has 5 heteroatoms. The molecule has 0 aliphatic carbocycles. The van der Waals surface area contributed by atoms with Crippen LogP contribution in [0.4, 0.5) is 0 Å². The zero-order chi connectivity index (χ0) is 14.5. The zero-order valence-corrected chi connectivity index (χ0v) is 13.1. The molecule has 0 radical (unpaired) electrons. The van der Waals surface area contributed by atoms with E-state index in [9.17, 15) is 0 Å². The largest absolute Gasteiger partial charge is 0.492 e. The van der Waals surface area contributed by atoms with E-state index in [0.717, 1.165) is 12.0 Å². The molecule has 0 saturated carbocycles. The molecule has 1 aromatic carbocycles. The summed E-state index contributed by atoms with van der Waals surface area (Å²) in [5.74, 6) is 0.670. The smallest absolute Gasteiger partial charge is 0.141 e. The number of rotatable bonds is 7. The van der Waals surface area contributed by atoms with Crippen molar-refractivity contribution < 1.29 is 9.47 Å². The summed E-state index contributed by atoms with van der Waals surface area (Å²) in [7, 11) is 1.69. The van der Waals surface area contributed by atoms with Gasteiger partial charge >= 0.3 is 0 Å². The molecule has 0 spiro atoms. The third kappa shape index (κ3) is 5.19. The Hall–Kier alpha value is -0.480. The summed E-state index contributed by atoms with van der Waals surface area (Å²) in [6, 6.07) is 3.52. The minimum absolute atomic E-state index is 0.215. The second-order valence-electron chi connectivity index (χ2n) is 4.98. The van der Waals surface area contributed by atoms with Gasteiger partial charge in [-0.15, -0.1) is 0 Å². The van der Waals surface area contributed by atoms with E-state index in [1.54, 1.807) is 13.2 Å². The molecule has 0 aliphatic rings. The van der Waals surface area contributed by atoms with Gasteiger partial charge < -0.3 is 15.2 Å². The second kappa shape index (κ2) is 7.34. The fourth-order valence-electron chi connectivity index (χ4n) is 1.62. The maximum Gasteiger partial charge on any atom is 0.141 e. The van der Waals surface area contributed by atoms with Crippen LogP contribution < -0.4 is 10.5 Å². The van der Waals surface area contributed by atoms with Crippen molar-refractivity contribution in [2.24, 2.45) is 5.73 Å². The van der Waals surface area contributed by atoms with Gasteiger partial charge in [0.25, 0.3) is 0 Å². The van der Waals surface area contributed by atoms with Gasteiger partial charge in [-0.05, 0) is 44.5 Å². The fraction of sp³-hybridized carbons (Fsp3) is 0.571. The lowest BCUT2D eigenvalue weighted by atomic mass is 10.1. The fourth-order valence-corrected chi connectivity index (χ4v) is 2.21. The first-order valence-electron chi connectivity index (χ1n) is 6.25. The minimum Gasteiger partial charge on any atom is -0.492 e. The summed E-state index contributed by atoms with van der Waals surface area (Å²) in [6.45, 7) is 5.08. The lowest BCUT2D eigenvalue weighted by molar-refractivity contribution is 0.00538. The molecule has 0 amide bonds. The predicted octanol–water partition coefficient (Wildman–Crippen LogP) is 3.69. The van der Waals surface area contributed by atoms with Crippen LogP contribution in [-0.4, -0.2) is 25.9 Å². The highest BCUT2D eigenvalue weighted by Gasteiger charge is 2.17. The van der Waals surface area contributed by atoms with Gasteiger partial charge in [-0.3, -0.25) is 0 Å². The molecule has 0 aliphatic heterocycles. The summed E-state index contributed by atoms with van der Waals surface area (Å²) in [6.07, 6.45) is 1.45. The molecule has 1 rings (SSSR count). The average Bonchev–Trinajstić information content (AvgIpc) is 2.33. The van der Waals surface area contributed by atoms with Gasteiger partial charge in [0.1, 0.15) is 5.75 Å². The summed E-state index contributed by atoms with van der Waals surface area (Å²) in [5.41, 5.74) is 6.31. The van der Waals surface area contributed by atoms with Crippen molar-refractivity contribution in [3.63, 3.8) is 0 Å². The van der Waals surface area contributed by atoms with Crippen LogP contribution in [0.15, 0.2) is 12.1 Å². The Labute approximate surface area is 125 Å². The van der Waals surface area contributed by atoms with Crippen LogP contribution in [0.1, 0.15) is 25.8 Å². The molecular formula is C14H21Cl2NO2. The Morgan fingerprint density at radius 2 is 1.95 bits per heavy atom. The van der Waals surface area contributed by atoms with Gasteiger partial charge in [0.15, 0.2) is 0 Å². The Morgan fingerprint density at radius 1 is 1.26 bits per heavy atom. The molecule has 0 fully saturated rings. The molecule has 19 heavy (non-hydrogen) atoms. The van der Waals surface area contributed by atoms with Crippen LogP contribution in [0.2, 0.25) is 10.0 Å². The SMILES string of the molecule is COC(C)(C)CCOc1c(Cl)cc(Cl)cc1CCN. The average molecular weight is 306 g/mol. The molecule has 0 saturated heterocycles. The van der Waals surface area contributed by atoms with Crippen molar-refractivity contribution in [1.29, 1.82) is 0 Å². The van der Waals surface area contributed by atoms with Crippen LogP contribution in [0, 0.1) is 0 Å². The van der Waals surface area contributed by atoms with Crippen LogP contribution in [0.25, 0.3) is 0 Å². The Balaban J connectivity index is 2.77. The summed E-state index contributed by atoms with van der Waals surface area (Å²) >= 11 is 12.2. The van der Waals surface area contributed by atoms with Crippen molar-refractivity contribution >= 4 is 23.2 Å². The molecule has 108 valence electrons. The number of benzene rings is 1. The summed E-state index contributed by atoms with van der Waals surface area (Å²) in [5, 5.41) is 1.11. The van der Waals surface area contributed by atoms with Gasteiger partial charge in [-0.2, -0.15) is 0 Å². The van der Waals surface area contributed by atoms with Crippen LogP contribution >= 0.6 is 23.2 Å². The van der Waals surface area contributed by atoms with Crippen molar-refractivity contribution in [3.8, 4) is 5.75 Å². The van der Waals surface area contributed by atoms with E-state index in [1.165, 1.54) is 0 Å². The van der Waals surface area contributed by atoms with Crippen molar-refractivity contribution in [3.05, 3.63) is 27.7 Å². The first kappa shape index (κ1) is 16.6. The standard InChI is InChI=1S/C14H21Cl2NO2/c1-14(2,18-3)5-7-19-13-10(4-6-17)8-11(15)9-12(13)16/h8-9H,4-7,17H2,1-3H3. The molecule has 0 atom stereocenters. The Kier molecular flexibility index (Phi) is 6.40. The van der Waals surface area contributed by atoms with Crippen molar-refractivity contribution in [2.75, 3.05) is 20.3 Å². The van der Waals surface area contributed by atoms with Crippen LogP contribution in [0.3, 0.4) is 0 Å². The van der Waals surface area contributed by atoms with Crippen molar-refractivity contribution in [1.82, 2.24) is 0 Å². The monoisotopic (exact) mass is 305 g/mol. The maximum absolute atomic E-state index is 6.17. The number of hydrogen-bond donors (Lipinski definition) is 1. The van der Waals surface area contributed by atoms with E-state index >= 15 is 0 Å². The Bertz CT molecular complexity index is 422. The highest BCUT2D eigenvalue weighted by atomic mass is 35.5. The first-order valence-corrected chi connectivity index (χ1v) is 7.01. The van der Waals surface area contributed by atoms with E-state index < -0.39 is 0 Å². The summed E-state index contributed by atoms with van der Waals surface area (Å²) in [4.78, 5) is 0. The van der Waals surface area contributed by atoms with E-state index in [1.807, 2.05) is 19.9 Å². The normalized spacial score (nSPS) is 11.7. The zero-order valence-electron chi connectivity index (χ0n) is 11.6. The van der Waals surface area contributed by atoms with Gasteiger partial charge in [0.2, 0.25) is 0 Å². The van der Waals surface area contributed by atoms with Crippen molar-refractivity contribution in [2.45, 2.75) is 32.3 Å². The topological polar surface area (TPSA) is 44.5 Å². The number of halogens is 2. The lowest BCUT2D eigenvalue weighted by Crippen LogP contribution is -2.25. The summed E-state index contributed by atoms with van der Waals surface area (Å²) < 4.78 is 11.1. The first-order chi connectivity index (χ1) is 8.89. The molecule has 0 aromatic heterocycles. The second-order valence-corrected chi connectivity index (χ2v) is 5.82. The number of methoxy groups -OCH3 is 1.